The molecule has 0 radical (unpaired) electrons. The summed E-state index contributed by atoms with van der Waals surface area (Å²) >= 11 is 0. The van der Waals surface area contributed by atoms with Crippen LogP contribution in [0.3, 0.4) is 0 Å². The number of nitrogens with zero attached hydrogens (tertiary/aromatic N) is 1. The minimum Gasteiger partial charge on any atom is -0.196 e. The maximum absolute atomic E-state index is 2.53. The van der Waals surface area contributed by atoms with Gasteiger partial charge < -0.3 is 0 Å². The third-order valence-electron chi connectivity index (χ3n) is 5.70. The van der Waals surface area contributed by atoms with Gasteiger partial charge in [-0.2, -0.15) is 4.58 Å². The maximum atomic E-state index is 2.53. The maximum Gasteiger partial charge on any atom is 0.216 e. The van der Waals surface area contributed by atoms with Crippen molar-refractivity contribution in [3.05, 3.63) is 89.5 Å². The van der Waals surface area contributed by atoms with Gasteiger partial charge in [0, 0.05) is 25.8 Å². The lowest BCUT2D eigenvalue weighted by molar-refractivity contribution is -0.511. The summed E-state index contributed by atoms with van der Waals surface area (Å²) in [6.07, 6.45) is 3.57. The molecule has 0 saturated carbocycles. The zero-order valence-electron chi connectivity index (χ0n) is 16.7. The van der Waals surface area contributed by atoms with E-state index in [9.17, 15) is 0 Å². The number of hydrogen-bond donors (Lipinski definition) is 0. The van der Waals surface area contributed by atoms with Crippen molar-refractivity contribution in [2.24, 2.45) is 0 Å². The first-order valence-corrected chi connectivity index (χ1v) is 9.82. The Morgan fingerprint density at radius 1 is 0.852 bits per heavy atom. The van der Waals surface area contributed by atoms with Gasteiger partial charge in [0.05, 0.1) is 11.5 Å². The number of benzene rings is 3. The Balaban J connectivity index is 1.90. The topological polar surface area (TPSA) is 3.01 Å². The highest BCUT2D eigenvalue weighted by molar-refractivity contribution is 5.79. The molecule has 1 nitrogen and oxygen atoms in total. The van der Waals surface area contributed by atoms with Crippen molar-refractivity contribution in [3.8, 4) is 11.1 Å². The number of aryl methyl sites for hydroxylation is 2. The molecule has 3 aromatic rings. The van der Waals surface area contributed by atoms with E-state index < -0.39 is 0 Å². The number of hydrogen-bond acceptors (Lipinski definition) is 0. The molecule has 4 rings (SSSR count). The van der Waals surface area contributed by atoms with E-state index in [1.165, 1.54) is 33.5 Å². The lowest BCUT2D eigenvalue weighted by atomic mass is 9.89. The molecule has 1 unspecified atom stereocenters. The SMILES string of the molecule is Cc1cc(C)c([N+]2=CC(c3ccccc3)CC2(C)C)c(-c2ccccc2)c1. The van der Waals surface area contributed by atoms with Crippen LogP contribution in [-0.4, -0.2) is 16.3 Å². The third-order valence-corrected chi connectivity index (χ3v) is 5.70. The van der Waals surface area contributed by atoms with Gasteiger partial charge in [0.1, 0.15) is 0 Å². The van der Waals surface area contributed by atoms with Gasteiger partial charge in [-0.15, -0.1) is 0 Å². The summed E-state index contributed by atoms with van der Waals surface area (Å²) < 4.78 is 2.53. The Bertz CT molecular complexity index is 981. The molecule has 3 aromatic carbocycles. The van der Waals surface area contributed by atoms with Crippen molar-refractivity contribution in [1.29, 1.82) is 0 Å². The van der Waals surface area contributed by atoms with Gasteiger partial charge in [-0.3, -0.25) is 0 Å². The highest BCUT2D eigenvalue weighted by Crippen LogP contribution is 2.42. The van der Waals surface area contributed by atoms with Crippen molar-refractivity contribution in [2.75, 3.05) is 0 Å². The molecule has 0 spiro atoms. The highest BCUT2D eigenvalue weighted by Gasteiger charge is 2.43. The van der Waals surface area contributed by atoms with E-state index in [0.29, 0.717) is 5.92 Å². The lowest BCUT2D eigenvalue weighted by Crippen LogP contribution is -2.29. The molecule has 0 bridgehead atoms. The Morgan fingerprint density at radius 2 is 1.48 bits per heavy atom. The first-order chi connectivity index (χ1) is 13.0. The van der Waals surface area contributed by atoms with Crippen molar-refractivity contribution in [1.82, 2.24) is 0 Å². The average Bonchev–Trinajstić information content (AvgIpc) is 2.97. The average molecular weight is 355 g/mol. The van der Waals surface area contributed by atoms with Crippen LogP contribution in [0.15, 0.2) is 72.8 Å². The first kappa shape index (κ1) is 17.7. The Labute approximate surface area is 163 Å². The van der Waals surface area contributed by atoms with Gasteiger partial charge in [0.2, 0.25) is 5.69 Å². The summed E-state index contributed by atoms with van der Waals surface area (Å²) in [5.41, 5.74) is 8.08. The molecule has 27 heavy (non-hydrogen) atoms. The van der Waals surface area contributed by atoms with Gasteiger partial charge in [-0.05, 0) is 42.7 Å². The predicted molar refractivity (Wildman–Crippen MR) is 115 cm³/mol. The fraction of sp³-hybridized carbons (Fsp3) is 0.269. The Morgan fingerprint density at radius 3 is 2.15 bits per heavy atom. The quantitative estimate of drug-likeness (QED) is 0.463. The number of rotatable bonds is 3. The minimum atomic E-state index is 0.0735. The van der Waals surface area contributed by atoms with Crippen LogP contribution in [0.5, 0.6) is 0 Å². The van der Waals surface area contributed by atoms with Crippen molar-refractivity contribution in [3.63, 3.8) is 0 Å². The van der Waals surface area contributed by atoms with E-state index in [2.05, 4.69) is 111 Å². The molecule has 1 heterocycles. The van der Waals surface area contributed by atoms with Crippen LogP contribution in [0, 0.1) is 13.8 Å². The van der Waals surface area contributed by atoms with Crippen LogP contribution in [0.2, 0.25) is 0 Å². The van der Waals surface area contributed by atoms with E-state index in [-0.39, 0.29) is 5.54 Å². The third kappa shape index (κ3) is 3.35. The second-order valence-corrected chi connectivity index (χ2v) is 8.40. The van der Waals surface area contributed by atoms with E-state index in [1.54, 1.807) is 0 Å². The first-order valence-electron chi connectivity index (χ1n) is 9.82. The molecule has 0 aromatic heterocycles. The van der Waals surface area contributed by atoms with Crippen molar-refractivity contribution in [2.45, 2.75) is 45.6 Å². The predicted octanol–water partition coefficient (Wildman–Crippen LogP) is 6.65. The molecule has 0 amide bonds. The molecule has 1 atom stereocenters. The zero-order chi connectivity index (χ0) is 19.0. The zero-order valence-corrected chi connectivity index (χ0v) is 16.7. The summed E-state index contributed by atoms with van der Waals surface area (Å²) in [4.78, 5) is 0. The molecular weight excluding hydrogens is 326 g/mol. The monoisotopic (exact) mass is 354 g/mol. The van der Waals surface area contributed by atoms with Gasteiger partial charge in [0.15, 0.2) is 11.8 Å². The Hall–Kier alpha value is -2.67. The molecule has 0 fully saturated rings. The molecule has 0 N–H and O–H groups in total. The van der Waals surface area contributed by atoms with Crippen LogP contribution in [-0.2, 0) is 0 Å². The largest absolute Gasteiger partial charge is 0.216 e. The fourth-order valence-corrected chi connectivity index (χ4v) is 4.47. The van der Waals surface area contributed by atoms with E-state index >= 15 is 0 Å². The smallest absolute Gasteiger partial charge is 0.196 e. The molecule has 1 aliphatic rings. The van der Waals surface area contributed by atoms with Crippen LogP contribution in [0.25, 0.3) is 11.1 Å². The molecule has 136 valence electrons. The minimum absolute atomic E-state index is 0.0735. The molecule has 1 heteroatoms. The lowest BCUT2D eigenvalue weighted by Gasteiger charge is -2.21. The van der Waals surface area contributed by atoms with E-state index in [4.69, 9.17) is 0 Å². The summed E-state index contributed by atoms with van der Waals surface area (Å²) in [6, 6.07) is 26.3. The summed E-state index contributed by atoms with van der Waals surface area (Å²) in [7, 11) is 0. The summed E-state index contributed by atoms with van der Waals surface area (Å²) in [6.45, 7) is 9.16. The van der Waals surface area contributed by atoms with Gasteiger partial charge in [-0.1, -0.05) is 60.7 Å². The van der Waals surface area contributed by atoms with Gasteiger partial charge >= 0.3 is 0 Å². The van der Waals surface area contributed by atoms with Crippen LogP contribution >= 0.6 is 0 Å². The second kappa shape index (κ2) is 6.81. The fourth-order valence-electron chi connectivity index (χ4n) is 4.47. The van der Waals surface area contributed by atoms with Gasteiger partial charge in [0.25, 0.3) is 0 Å². The standard InChI is InChI=1S/C26H28N/c1-19-15-20(2)25(24(16-19)22-13-9-6-10-14-22)27-18-23(17-26(27,3)4)21-11-7-5-8-12-21/h5-16,18,23H,17H2,1-4H3/q+1. The normalized spacial score (nSPS) is 18.4. The van der Waals surface area contributed by atoms with E-state index in [0.717, 1.165) is 6.42 Å². The van der Waals surface area contributed by atoms with E-state index in [1.807, 2.05) is 0 Å². The van der Waals surface area contributed by atoms with Crippen molar-refractivity contribution >= 4 is 11.9 Å². The van der Waals surface area contributed by atoms with Crippen LogP contribution < -0.4 is 0 Å². The van der Waals surface area contributed by atoms with Crippen LogP contribution in [0.1, 0.15) is 42.9 Å². The van der Waals surface area contributed by atoms with Crippen LogP contribution in [0.4, 0.5) is 5.69 Å². The van der Waals surface area contributed by atoms with Gasteiger partial charge in [-0.25, -0.2) is 0 Å². The summed E-state index contributed by atoms with van der Waals surface area (Å²) in [5, 5.41) is 0. The Kier molecular flexibility index (Phi) is 4.47. The highest BCUT2D eigenvalue weighted by atomic mass is 15.1. The molecule has 0 aliphatic carbocycles. The molecule has 1 aliphatic heterocycles. The summed E-state index contributed by atoms with van der Waals surface area (Å²) in [5.74, 6) is 0.450. The van der Waals surface area contributed by atoms with Crippen molar-refractivity contribution < 1.29 is 4.58 Å². The molecule has 0 saturated heterocycles. The second-order valence-electron chi connectivity index (χ2n) is 8.40. The molecular formula is C26H28N+.